The Labute approximate surface area is 203 Å². The molecule has 7 nitrogen and oxygen atoms in total. The molecule has 34 heavy (non-hydrogen) atoms. The number of hydrogen-bond donors (Lipinski definition) is 1. The van der Waals surface area contributed by atoms with Gasteiger partial charge in [-0.25, -0.2) is 15.0 Å². The highest BCUT2D eigenvalue weighted by Gasteiger charge is 2.21. The highest BCUT2D eigenvalue weighted by atomic mass is 32.1. The Bertz CT molecular complexity index is 1210. The van der Waals surface area contributed by atoms with Crippen molar-refractivity contribution in [3.05, 3.63) is 77.9 Å². The monoisotopic (exact) mass is 470 g/mol. The van der Waals surface area contributed by atoms with Gasteiger partial charge in [-0.1, -0.05) is 36.4 Å². The molecule has 1 N–H and O–H groups in total. The van der Waals surface area contributed by atoms with Gasteiger partial charge in [-0.2, -0.15) is 0 Å². The number of likely N-dealkylation sites (tertiary alicyclic amines) is 1. The zero-order valence-electron chi connectivity index (χ0n) is 18.8. The SMILES string of the molecule is O=C(CN1CCC(Cc2ccccc2)CC1)Nc1cc(-c2nccs2)nc(-c2ccccn2)n1. The minimum absolute atomic E-state index is 0.0720. The highest BCUT2D eigenvalue weighted by molar-refractivity contribution is 7.13. The molecule has 0 spiro atoms. The van der Waals surface area contributed by atoms with Crippen molar-refractivity contribution in [2.75, 3.05) is 25.0 Å². The lowest BCUT2D eigenvalue weighted by Crippen LogP contribution is -2.39. The smallest absolute Gasteiger partial charge is 0.239 e. The molecule has 172 valence electrons. The molecule has 1 aromatic carbocycles. The van der Waals surface area contributed by atoms with E-state index in [0.717, 1.165) is 37.4 Å². The Morgan fingerprint density at radius 1 is 0.971 bits per heavy atom. The molecule has 1 aliphatic heterocycles. The molecule has 4 aromatic rings. The average Bonchev–Trinajstić information content (AvgIpc) is 3.41. The van der Waals surface area contributed by atoms with Gasteiger partial charge in [0.15, 0.2) is 5.82 Å². The van der Waals surface area contributed by atoms with Gasteiger partial charge in [0, 0.05) is 23.8 Å². The second-order valence-electron chi connectivity index (χ2n) is 8.47. The number of anilines is 1. The van der Waals surface area contributed by atoms with Crippen LogP contribution in [0.2, 0.25) is 0 Å². The first kappa shape index (κ1) is 22.3. The van der Waals surface area contributed by atoms with Gasteiger partial charge in [0.05, 0.1) is 6.54 Å². The Morgan fingerprint density at radius 2 is 1.79 bits per heavy atom. The van der Waals surface area contributed by atoms with Gasteiger partial charge in [-0.15, -0.1) is 11.3 Å². The molecule has 0 aliphatic carbocycles. The van der Waals surface area contributed by atoms with Gasteiger partial charge < -0.3 is 5.32 Å². The summed E-state index contributed by atoms with van der Waals surface area (Å²) in [6.07, 6.45) is 6.76. The molecule has 0 atom stereocenters. The van der Waals surface area contributed by atoms with Gasteiger partial charge in [0.1, 0.15) is 22.2 Å². The molecule has 0 bridgehead atoms. The summed E-state index contributed by atoms with van der Waals surface area (Å²) in [5.74, 6) is 1.53. The van der Waals surface area contributed by atoms with Crippen molar-refractivity contribution in [3.63, 3.8) is 0 Å². The zero-order valence-corrected chi connectivity index (χ0v) is 19.6. The van der Waals surface area contributed by atoms with Crippen molar-refractivity contribution >= 4 is 23.1 Å². The Hall–Kier alpha value is -3.49. The van der Waals surface area contributed by atoms with Crippen LogP contribution < -0.4 is 5.32 Å². The fourth-order valence-corrected chi connectivity index (χ4v) is 4.86. The lowest BCUT2D eigenvalue weighted by molar-refractivity contribution is -0.117. The average molecular weight is 471 g/mol. The maximum Gasteiger partial charge on any atom is 0.239 e. The van der Waals surface area contributed by atoms with Crippen molar-refractivity contribution in [3.8, 4) is 22.2 Å². The van der Waals surface area contributed by atoms with Crippen LogP contribution in [0.5, 0.6) is 0 Å². The standard InChI is InChI=1S/C26H26N6OS/c33-24(18-32-13-9-20(10-14-32)16-19-6-2-1-3-7-19)30-23-17-22(26-28-12-15-34-26)29-25(31-23)21-8-4-5-11-27-21/h1-8,11-12,15,17,20H,9-10,13-14,16,18H2,(H,29,30,31,33). The van der Waals surface area contributed by atoms with E-state index in [2.05, 4.69) is 60.5 Å². The molecule has 1 saturated heterocycles. The first-order valence-electron chi connectivity index (χ1n) is 11.5. The molecule has 5 rings (SSSR count). The third-order valence-corrected chi connectivity index (χ3v) is 6.78. The molecule has 0 unspecified atom stereocenters. The number of piperidine rings is 1. The first-order valence-corrected chi connectivity index (χ1v) is 12.4. The number of nitrogens with zero attached hydrogens (tertiary/aromatic N) is 5. The van der Waals surface area contributed by atoms with E-state index >= 15 is 0 Å². The maximum absolute atomic E-state index is 12.9. The molecular formula is C26H26N6OS. The second kappa shape index (κ2) is 10.6. The van der Waals surface area contributed by atoms with Crippen LogP contribution in [0.15, 0.2) is 72.4 Å². The summed E-state index contributed by atoms with van der Waals surface area (Å²) >= 11 is 1.49. The number of amides is 1. The topological polar surface area (TPSA) is 83.9 Å². The summed E-state index contributed by atoms with van der Waals surface area (Å²) in [4.78, 5) is 33.0. The number of carbonyl (C=O) groups is 1. The van der Waals surface area contributed by atoms with Crippen molar-refractivity contribution in [2.24, 2.45) is 5.92 Å². The quantitative estimate of drug-likeness (QED) is 0.426. The fraction of sp³-hybridized carbons (Fsp3) is 0.269. The summed E-state index contributed by atoms with van der Waals surface area (Å²) in [5.41, 5.74) is 2.71. The van der Waals surface area contributed by atoms with Crippen LogP contribution in [-0.4, -0.2) is 50.4 Å². The van der Waals surface area contributed by atoms with E-state index in [9.17, 15) is 4.79 Å². The number of carbonyl (C=O) groups excluding carboxylic acids is 1. The van der Waals surface area contributed by atoms with Crippen LogP contribution in [0.25, 0.3) is 22.2 Å². The molecule has 1 aliphatic rings. The Kier molecular flexibility index (Phi) is 6.97. The number of hydrogen-bond acceptors (Lipinski definition) is 7. The zero-order chi connectivity index (χ0) is 23.2. The third-order valence-electron chi connectivity index (χ3n) is 5.98. The molecule has 0 saturated carbocycles. The van der Waals surface area contributed by atoms with Crippen LogP contribution >= 0.6 is 11.3 Å². The van der Waals surface area contributed by atoms with E-state index in [1.807, 2.05) is 23.6 Å². The number of benzene rings is 1. The van der Waals surface area contributed by atoms with E-state index in [-0.39, 0.29) is 5.91 Å². The van der Waals surface area contributed by atoms with Crippen LogP contribution in [0.4, 0.5) is 5.82 Å². The van der Waals surface area contributed by atoms with E-state index in [1.165, 1.54) is 16.9 Å². The Balaban J connectivity index is 1.23. The number of pyridine rings is 1. The first-order chi connectivity index (χ1) is 16.7. The lowest BCUT2D eigenvalue weighted by atomic mass is 9.90. The molecule has 4 heterocycles. The van der Waals surface area contributed by atoms with E-state index in [4.69, 9.17) is 0 Å². The van der Waals surface area contributed by atoms with Crippen molar-refractivity contribution in [1.82, 2.24) is 24.8 Å². The van der Waals surface area contributed by atoms with Gasteiger partial charge in [0.2, 0.25) is 5.91 Å². The predicted octanol–water partition coefficient (Wildman–Crippen LogP) is 4.56. The minimum Gasteiger partial charge on any atom is -0.309 e. The summed E-state index contributed by atoms with van der Waals surface area (Å²) in [6.45, 7) is 2.21. The van der Waals surface area contributed by atoms with Crippen molar-refractivity contribution < 1.29 is 4.79 Å². The third kappa shape index (κ3) is 5.70. The van der Waals surface area contributed by atoms with E-state index < -0.39 is 0 Å². The van der Waals surface area contributed by atoms with E-state index in [1.54, 1.807) is 18.5 Å². The van der Waals surface area contributed by atoms with E-state index in [0.29, 0.717) is 35.5 Å². The predicted molar refractivity (Wildman–Crippen MR) is 134 cm³/mol. The molecule has 0 radical (unpaired) electrons. The molecule has 3 aromatic heterocycles. The molecule has 8 heteroatoms. The summed E-state index contributed by atoms with van der Waals surface area (Å²) < 4.78 is 0. The Morgan fingerprint density at radius 3 is 2.53 bits per heavy atom. The van der Waals surface area contributed by atoms with Crippen molar-refractivity contribution in [2.45, 2.75) is 19.3 Å². The largest absolute Gasteiger partial charge is 0.309 e. The van der Waals surface area contributed by atoms with Gasteiger partial charge in [-0.3, -0.25) is 14.7 Å². The summed E-state index contributed by atoms with van der Waals surface area (Å²) in [6, 6.07) is 18.0. The van der Waals surface area contributed by atoms with Crippen LogP contribution in [0, 0.1) is 5.92 Å². The van der Waals surface area contributed by atoms with Gasteiger partial charge in [-0.05, 0) is 56.0 Å². The van der Waals surface area contributed by atoms with Crippen molar-refractivity contribution in [1.29, 1.82) is 0 Å². The molecular weight excluding hydrogens is 444 g/mol. The summed E-state index contributed by atoms with van der Waals surface area (Å²) in [7, 11) is 0. The number of thiazole rings is 1. The summed E-state index contributed by atoms with van der Waals surface area (Å²) in [5, 5.41) is 5.64. The lowest BCUT2D eigenvalue weighted by Gasteiger charge is -2.31. The minimum atomic E-state index is -0.0720. The van der Waals surface area contributed by atoms with Crippen LogP contribution in [0.1, 0.15) is 18.4 Å². The fourth-order valence-electron chi connectivity index (χ4n) is 4.26. The molecule has 1 fully saturated rings. The number of aromatic nitrogens is 4. The van der Waals surface area contributed by atoms with Gasteiger partial charge >= 0.3 is 0 Å². The number of nitrogens with one attached hydrogen (secondary N) is 1. The van der Waals surface area contributed by atoms with Crippen LogP contribution in [-0.2, 0) is 11.2 Å². The highest BCUT2D eigenvalue weighted by Crippen LogP contribution is 2.25. The molecule has 1 amide bonds. The van der Waals surface area contributed by atoms with Gasteiger partial charge in [0.25, 0.3) is 0 Å². The van der Waals surface area contributed by atoms with Crippen LogP contribution in [0.3, 0.4) is 0 Å². The maximum atomic E-state index is 12.9. The normalized spacial score (nSPS) is 14.7. The number of rotatable bonds is 7. The second-order valence-corrected chi connectivity index (χ2v) is 9.37.